The van der Waals surface area contributed by atoms with Crippen molar-refractivity contribution in [3.63, 3.8) is 0 Å². The van der Waals surface area contributed by atoms with Crippen molar-refractivity contribution in [3.8, 4) is 0 Å². The van der Waals surface area contributed by atoms with Crippen LogP contribution in [0, 0.1) is 0 Å². The van der Waals surface area contributed by atoms with Crippen molar-refractivity contribution >= 4 is 25.8 Å². The molecule has 0 aliphatic carbocycles. The maximum Gasteiger partial charge on any atom is 0.175 e. The summed E-state index contributed by atoms with van der Waals surface area (Å²) in [5.74, 6) is 0. The van der Waals surface area contributed by atoms with Gasteiger partial charge in [0.25, 0.3) is 0 Å². The van der Waals surface area contributed by atoms with Crippen molar-refractivity contribution in [1.82, 2.24) is 4.90 Å². The second-order valence-corrected chi connectivity index (χ2v) is 6.52. The van der Waals surface area contributed by atoms with E-state index in [2.05, 4.69) is 15.9 Å². The maximum atomic E-state index is 11.2. The van der Waals surface area contributed by atoms with Gasteiger partial charge in [-0.05, 0) is 31.8 Å². The SMILES string of the molecule is CN(C)C(Br)c1ccc(S(C)(=O)=O)cc1. The molecule has 0 saturated carbocycles. The van der Waals surface area contributed by atoms with Crippen LogP contribution in [-0.4, -0.2) is 33.7 Å². The van der Waals surface area contributed by atoms with E-state index in [-0.39, 0.29) is 4.95 Å². The van der Waals surface area contributed by atoms with Gasteiger partial charge in [0.15, 0.2) is 9.84 Å². The van der Waals surface area contributed by atoms with Crippen LogP contribution in [-0.2, 0) is 9.84 Å². The zero-order chi connectivity index (χ0) is 11.6. The molecule has 0 heterocycles. The topological polar surface area (TPSA) is 37.4 Å². The van der Waals surface area contributed by atoms with Crippen molar-refractivity contribution in [1.29, 1.82) is 0 Å². The predicted octanol–water partition coefficient (Wildman–Crippen LogP) is 2.05. The Morgan fingerprint density at radius 3 is 2.00 bits per heavy atom. The first-order valence-electron chi connectivity index (χ1n) is 4.43. The van der Waals surface area contributed by atoms with Crippen LogP contribution in [0.25, 0.3) is 0 Å². The van der Waals surface area contributed by atoms with Gasteiger partial charge in [-0.25, -0.2) is 8.42 Å². The van der Waals surface area contributed by atoms with Gasteiger partial charge in [0, 0.05) is 6.26 Å². The molecule has 84 valence electrons. The van der Waals surface area contributed by atoms with Crippen molar-refractivity contribution in [2.24, 2.45) is 0 Å². The first kappa shape index (κ1) is 12.7. The fraction of sp³-hybridized carbons (Fsp3) is 0.400. The molecule has 0 amide bonds. The van der Waals surface area contributed by atoms with Gasteiger partial charge in [0.2, 0.25) is 0 Å². The van der Waals surface area contributed by atoms with Crippen LogP contribution in [0.1, 0.15) is 10.5 Å². The van der Waals surface area contributed by atoms with E-state index in [1.165, 1.54) is 6.26 Å². The van der Waals surface area contributed by atoms with E-state index in [0.717, 1.165) is 5.56 Å². The molecule has 0 N–H and O–H groups in total. The van der Waals surface area contributed by atoms with E-state index in [0.29, 0.717) is 4.90 Å². The molecule has 1 unspecified atom stereocenters. The van der Waals surface area contributed by atoms with E-state index in [1.54, 1.807) is 12.1 Å². The summed E-state index contributed by atoms with van der Waals surface area (Å²) in [5, 5.41) is 0. The van der Waals surface area contributed by atoms with Crippen LogP contribution in [0.2, 0.25) is 0 Å². The molecule has 0 radical (unpaired) electrons. The fourth-order valence-electron chi connectivity index (χ4n) is 1.17. The molecule has 1 aromatic rings. The number of benzene rings is 1. The van der Waals surface area contributed by atoms with E-state index in [4.69, 9.17) is 0 Å². The monoisotopic (exact) mass is 291 g/mol. The highest BCUT2D eigenvalue weighted by atomic mass is 79.9. The number of alkyl halides is 1. The largest absolute Gasteiger partial charge is 0.293 e. The minimum atomic E-state index is -3.09. The molecule has 0 aliphatic rings. The lowest BCUT2D eigenvalue weighted by molar-refractivity contribution is 0.398. The summed E-state index contributed by atoms with van der Waals surface area (Å²) in [6, 6.07) is 6.89. The van der Waals surface area contributed by atoms with Gasteiger partial charge < -0.3 is 0 Å². The molecule has 0 aliphatic heterocycles. The zero-order valence-electron chi connectivity index (χ0n) is 8.94. The molecule has 3 nitrogen and oxygen atoms in total. The highest BCUT2D eigenvalue weighted by Gasteiger charge is 2.11. The van der Waals surface area contributed by atoms with Crippen LogP contribution in [0.15, 0.2) is 29.2 Å². The van der Waals surface area contributed by atoms with Crippen LogP contribution in [0.3, 0.4) is 0 Å². The van der Waals surface area contributed by atoms with Crippen molar-refractivity contribution in [2.45, 2.75) is 9.85 Å². The predicted molar refractivity (Wildman–Crippen MR) is 64.9 cm³/mol. The molecule has 0 aromatic heterocycles. The third kappa shape index (κ3) is 3.29. The maximum absolute atomic E-state index is 11.2. The molecular formula is C10H14BrNO2S. The third-order valence-corrected chi connectivity index (χ3v) is 4.51. The Kier molecular flexibility index (Phi) is 3.92. The molecule has 0 spiro atoms. The average Bonchev–Trinajstić information content (AvgIpc) is 2.15. The second-order valence-electron chi connectivity index (χ2n) is 3.64. The smallest absolute Gasteiger partial charge is 0.175 e. The van der Waals surface area contributed by atoms with E-state index >= 15 is 0 Å². The van der Waals surface area contributed by atoms with Gasteiger partial charge in [-0.3, -0.25) is 4.90 Å². The van der Waals surface area contributed by atoms with Crippen molar-refractivity contribution in [2.75, 3.05) is 20.4 Å². The fourth-order valence-corrected chi connectivity index (χ4v) is 2.11. The number of hydrogen-bond donors (Lipinski definition) is 0. The standard InChI is InChI=1S/C10H14BrNO2S/c1-12(2)10(11)8-4-6-9(7-5-8)15(3,13)14/h4-7,10H,1-3H3. The van der Waals surface area contributed by atoms with Gasteiger partial charge in [-0.2, -0.15) is 0 Å². The van der Waals surface area contributed by atoms with Gasteiger partial charge in [-0.1, -0.05) is 28.1 Å². The lowest BCUT2D eigenvalue weighted by Crippen LogP contribution is -2.14. The second kappa shape index (κ2) is 4.63. The first-order chi connectivity index (χ1) is 6.82. The third-order valence-electron chi connectivity index (χ3n) is 2.04. The molecule has 0 fully saturated rings. The number of nitrogens with zero attached hydrogens (tertiary/aromatic N) is 1. The number of sulfone groups is 1. The Hall–Kier alpha value is -0.390. The van der Waals surface area contributed by atoms with Crippen LogP contribution < -0.4 is 0 Å². The van der Waals surface area contributed by atoms with E-state index in [1.807, 2.05) is 31.1 Å². The molecule has 1 aromatic carbocycles. The van der Waals surface area contributed by atoms with Crippen molar-refractivity contribution in [3.05, 3.63) is 29.8 Å². The minimum Gasteiger partial charge on any atom is -0.293 e. The quantitative estimate of drug-likeness (QED) is 0.632. The summed E-state index contributed by atoms with van der Waals surface area (Å²) in [4.78, 5) is 2.45. The van der Waals surface area contributed by atoms with Crippen LogP contribution in [0.4, 0.5) is 0 Å². The van der Waals surface area contributed by atoms with Gasteiger partial charge in [-0.15, -0.1) is 0 Å². The Morgan fingerprint density at radius 1 is 1.20 bits per heavy atom. The van der Waals surface area contributed by atoms with Crippen LogP contribution >= 0.6 is 15.9 Å². The molecule has 15 heavy (non-hydrogen) atoms. The first-order valence-corrected chi connectivity index (χ1v) is 7.23. The summed E-state index contributed by atoms with van der Waals surface area (Å²) >= 11 is 3.50. The number of halogens is 1. The Morgan fingerprint density at radius 2 is 1.67 bits per heavy atom. The molecule has 1 rings (SSSR count). The zero-order valence-corrected chi connectivity index (χ0v) is 11.3. The Labute approximate surface area is 99.1 Å². The summed E-state index contributed by atoms with van der Waals surface area (Å²) in [6.07, 6.45) is 1.21. The van der Waals surface area contributed by atoms with Gasteiger partial charge >= 0.3 is 0 Å². The highest BCUT2D eigenvalue weighted by molar-refractivity contribution is 9.09. The molecule has 0 bridgehead atoms. The summed E-state index contributed by atoms with van der Waals surface area (Å²) in [6.45, 7) is 0. The molecule has 0 saturated heterocycles. The molecule has 5 heteroatoms. The lowest BCUT2D eigenvalue weighted by atomic mass is 10.2. The number of hydrogen-bond acceptors (Lipinski definition) is 3. The normalized spacial score (nSPS) is 14.2. The van der Waals surface area contributed by atoms with Crippen LogP contribution in [0.5, 0.6) is 0 Å². The van der Waals surface area contributed by atoms with Gasteiger partial charge in [0.1, 0.15) is 0 Å². The summed E-state index contributed by atoms with van der Waals surface area (Å²) in [5.41, 5.74) is 1.03. The minimum absolute atomic E-state index is 0.103. The van der Waals surface area contributed by atoms with Crippen molar-refractivity contribution < 1.29 is 8.42 Å². The molecular weight excluding hydrogens is 278 g/mol. The summed E-state index contributed by atoms with van der Waals surface area (Å²) < 4.78 is 22.5. The number of rotatable bonds is 3. The van der Waals surface area contributed by atoms with Gasteiger partial charge in [0.05, 0.1) is 9.85 Å². The highest BCUT2D eigenvalue weighted by Crippen LogP contribution is 2.25. The summed E-state index contributed by atoms with van der Waals surface area (Å²) in [7, 11) is 0.802. The van der Waals surface area contributed by atoms with E-state index < -0.39 is 9.84 Å². The molecule has 1 atom stereocenters. The Balaban J connectivity index is 3.01. The Bertz CT molecular complexity index is 425. The lowest BCUT2D eigenvalue weighted by Gasteiger charge is -2.18. The average molecular weight is 292 g/mol. The van der Waals surface area contributed by atoms with E-state index in [9.17, 15) is 8.42 Å².